The lowest BCUT2D eigenvalue weighted by molar-refractivity contribution is 0.0953. The Morgan fingerprint density at radius 2 is 1.68 bits per heavy atom. The fourth-order valence-electron chi connectivity index (χ4n) is 3.39. The average molecular weight is 373 g/mol. The van der Waals surface area contributed by atoms with Gasteiger partial charge in [0.05, 0.1) is 33.5 Å². The van der Waals surface area contributed by atoms with Crippen molar-refractivity contribution in [1.29, 1.82) is 0 Å². The summed E-state index contributed by atoms with van der Waals surface area (Å²) in [5.74, 6) is 0.903. The van der Waals surface area contributed by atoms with Gasteiger partial charge in [-0.05, 0) is 57.5 Å². The zero-order chi connectivity index (χ0) is 19.7. The molecule has 1 N–H and O–H groups in total. The van der Waals surface area contributed by atoms with Gasteiger partial charge >= 0.3 is 0 Å². The number of benzene rings is 2. The lowest BCUT2D eigenvalue weighted by Crippen LogP contribution is -2.25. The Kier molecular flexibility index (Phi) is 4.77. The maximum atomic E-state index is 12.5. The highest BCUT2D eigenvalue weighted by atomic mass is 16.1. The number of imidazole rings is 1. The molecule has 4 rings (SSSR count). The summed E-state index contributed by atoms with van der Waals surface area (Å²) in [7, 11) is 0. The van der Waals surface area contributed by atoms with Gasteiger partial charge in [0, 0.05) is 18.7 Å². The predicted molar refractivity (Wildman–Crippen MR) is 110 cm³/mol. The lowest BCUT2D eigenvalue weighted by atomic mass is 10.1. The standard InChI is InChI=1S/C22H23N5O/c1-14-15(2)25-20-13-17(9-10-18(20)24-14)22(28)23-11-6-12-27-16(3)26-19-7-4-5-8-21(19)27/h4-5,7-10,13H,6,11-12H2,1-3H3,(H,23,28). The zero-order valence-corrected chi connectivity index (χ0v) is 16.4. The summed E-state index contributed by atoms with van der Waals surface area (Å²) in [4.78, 5) is 26.1. The molecule has 6 nitrogen and oxygen atoms in total. The summed E-state index contributed by atoms with van der Waals surface area (Å²) in [6, 6.07) is 13.6. The number of fused-ring (bicyclic) bond motifs is 2. The first-order valence-electron chi connectivity index (χ1n) is 9.48. The van der Waals surface area contributed by atoms with E-state index in [4.69, 9.17) is 0 Å². The number of aromatic nitrogens is 4. The zero-order valence-electron chi connectivity index (χ0n) is 16.4. The molecule has 0 radical (unpaired) electrons. The second kappa shape index (κ2) is 7.38. The Morgan fingerprint density at radius 3 is 2.50 bits per heavy atom. The van der Waals surface area contributed by atoms with Crippen molar-refractivity contribution in [3.8, 4) is 0 Å². The highest BCUT2D eigenvalue weighted by Crippen LogP contribution is 2.16. The quantitative estimate of drug-likeness (QED) is 0.541. The fourth-order valence-corrected chi connectivity index (χ4v) is 3.39. The van der Waals surface area contributed by atoms with Gasteiger partial charge in [-0.3, -0.25) is 4.79 Å². The minimum atomic E-state index is -0.0888. The van der Waals surface area contributed by atoms with Crippen molar-refractivity contribution >= 4 is 28.0 Å². The second-order valence-electron chi connectivity index (χ2n) is 7.01. The first-order valence-corrected chi connectivity index (χ1v) is 9.48. The molecule has 6 heteroatoms. The van der Waals surface area contributed by atoms with Gasteiger partial charge in [-0.25, -0.2) is 15.0 Å². The molecule has 142 valence electrons. The molecule has 2 aromatic carbocycles. The van der Waals surface area contributed by atoms with Gasteiger partial charge in [0.25, 0.3) is 5.91 Å². The van der Waals surface area contributed by atoms with Crippen LogP contribution in [0.15, 0.2) is 42.5 Å². The summed E-state index contributed by atoms with van der Waals surface area (Å²) < 4.78 is 2.19. The van der Waals surface area contributed by atoms with Crippen LogP contribution in [0.2, 0.25) is 0 Å². The van der Waals surface area contributed by atoms with Crippen LogP contribution < -0.4 is 5.32 Å². The molecule has 28 heavy (non-hydrogen) atoms. The molecule has 0 spiro atoms. The summed E-state index contributed by atoms with van der Waals surface area (Å²) in [6.45, 7) is 7.29. The number of hydrogen-bond donors (Lipinski definition) is 1. The third kappa shape index (κ3) is 3.45. The van der Waals surface area contributed by atoms with Crippen molar-refractivity contribution in [3.63, 3.8) is 0 Å². The number of para-hydroxylation sites is 2. The van der Waals surface area contributed by atoms with Crippen molar-refractivity contribution in [2.24, 2.45) is 0 Å². The molecule has 0 saturated carbocycles. The van der Waals surface area contributed by atoms with Crippen LogP contribution in [0.5, 0.6) is 0 Å². The summed E-state index contributed by atoms with van der Waals surface area (Å²) in [5.41, 5.74) is 6.09. The largest absolute Gasteiger partial charge is 0.352 e. The van der Waals surface area contributed by atoms with E-state index in [0.29, 0.717) is 12.1 Å². The Hall–Kier alpha value is -3.28. The van der Waals surface area contributed by atoms with E-state index in [0.717, 1.165) is 52.2 Å². The van der Waals surface area contributed by atoms with Gasteiger partial charge in [0.2, 0.25) is 0 Å². The number of nitrogens with zero attached hydrogens (tertiary/aromatic N) is 4. The number of carbonyl (C=O) groups excluding carboxylic acids is 1. The van der Waals surface area contributed by atoms with Crippen LogP contribution in [0, 0.1) is 20.8 Å². The van der Waals surface area contributed by atoms with E-state index in [-0.39, 0.29) is 5.91 Å². The van der Waals surface area contributed by atoms with Gasteiger partial charge in [-0.2, -0.15) is 0 Å². The molecule has 2 heterocycles. The molecule has 0 atom stereocenters. The number of carbonyl (C=O) groups is 1. The number of nitrogens with one attached hydrogen (secondary N) is 1. The highest BCUT2D eigenvalue weighted by Gasteiger charge is 2.09. The molecule has 0 unspecified atom stereocenters. The van der Waals surface area contributed by atoms with Crippen LogP contribution in [0.25, 0.3) is 22.1 Å². The van der Waals surface area contributed by atoms with Crippen molar-refractivity contribution < 1.29 is 4.79 Å². The topological polar surface area (TPSA) is 72.7 Å². The Bertz CT molecular complexity index is 1180. The van der Waals surface area contributed by atoms with E-state index in [1.165, 1.54) is 0 Å². The van der Waals surface area contributed by atoms with Gasteiger partial charge in [0.1, 0.15) is 5.82 Å². The molecule has 0 saturated heterocycles. The van der Waals surface area contributed by atoms with Crippen molar-refractivity contribution in [1.82, 2.24) is 24.8 Å². The lowest BCUT2D eigenvalue weighted by Gasteiger charge is -2.09. The first kappa shape index (κ1) is 18.1. The fraction of sp³-hybridized carbons (Fsp3) is 0.273. The summed E-state index contributed by atoms with van der Waals surface area (Å²) in [5, 5.41) is 3.00. The number of hydrogen-bond acceptors (Lipinski definition) is 4. The summed E-state index contributed by atoms with van der Waals surface area (Å²) >= 11 is 0. The third-order valence-corrected chi connectivity index (χ3v) is 5.03. The maximum absolute atomic E-state index is 12.5. The molecule has 0 aliphatic rings. The number of amides is 1. The van der Waals surface area contributed by atoms with E-state index < -0.39 is 0 Å². The van der Waals surface area contributed by atoms with E-state index >= 15 is 0 Å². The van der Waals surface area contributed by atoms with Gasteiger partial charge in [-0.1, -0.05) is 12.1 Å². The van der Waals surface area contributed by atoms with E-state index in [2.05, 4.69) is 30.9 Å². The normalized spacial score (nSPS) is 11.2. The van der Waals surface area contributed by atoms with Crippen LogP contribution in [0.3, 0.4) is 0 Å². The van der Waals surface area contributed by atoms with Gasteiger partial charge in [-0.15, -0.1) is 0 Å². The Balaban J connectivity index is 1.40. The smallest absolute Gasteiger partial charge is 0.251 e. The maximum Gasteiger partial charge on any atom is 0.251 e. The molecule has 0 aliphatic heterocycles. The van der Waals surface area contributed by atoms with Crippen LogP contribution in [-0.2, 0) is 6.54 Å². The predicted octanol–water partition coefficient (Wildman–Crippen LogP) is 3.72. The summed E-state index contributed by atoms with van der Waals surface area (Å²) in [6.07, 6.45) is 0.832. The molecule has 0 bridgehead atoms. The molecule has 2 aromatic heterocycles. The van der Waals surface area contributed by atoms with Crippen LogP contribution in [-0.4, -0.2) is 32.0 Å². The Morgan fingerprint density at radius 1 is 0.929 bits per heavy atom. The molecule has 1 amide bonds. The molecular weight excluding hydrogens is 350 g/mol. The number of rotatable bonds is 5. The number of aryl methyl sites for hydroxylation is 4. The minimum absolute atomic E-state index is 0.0888. The average Bonchev–Trinajstić information content (AvgIpc) is 3.01. The van der Waals surface area contributed by atoms with E-state index in [9.17, 15) is 4.79 Å². The molecule has 0 aliphatic carbocycles. The molecular formula is C22H23N5O. The molecule has 4 aromatic rings. The van der Waals surface area contributed by atoms with Crippen LogP contribution >= 0.6 is 0 Å². The Labute approximate surface area is 163 Å². The van der Waals surface area contributed by atoms with Crippen molar-refractivity contribution in [2.45, 2.75) is 33.7 Å². The second-order valence-corrected chi connectivity index (χ2v) is 7.01. The molecule has 0 fully saturated rings. The van der Waals surface area contributed by atoms with Gasteiger partial charge < -0.3 is 9.88 Å². The highest BCUT2D eigenvalue weighted by molar-refractivity contribution is 5.97. The van der Waals surface area contributed by atoms with E-state index in [1.807, 2.05) is 45.0 Å². The monoisotopic (exact) mass is 373 g/mol. The third-order valence-electron chi connectivity index (χ3n) is 5.03. The minimum Gasteiger partial charge on any atom is -0.352 e. The van der Waals surface area contributed by atoms with Gasteiger partial charge in [0.15, 0.2) is 0 Å². The van der Waals surface area contributed by atoms with Crippen molar-refractivity contribution in [2.75, 3.05) is 6.54 Å². The van der Waals surface area contributed by atoms with Crippen LogP contribution in [0.4, 0.5) is 0 Å². The van der Waals surface area contributed by atoms with Crippen molar-refractivity contribution in [3.05, 3.63) is 65.2 Å². The van der Waals surface area contributed by atoms with Crippen LogP contribution in [0.1, 0.15) is 34.0 Å². The SMILES string of the molecule is Cc1nc2ccc(C(=O)NCCCn3c(C)nc4ccccc43)cc2nc1C. The first-order chi connectivity index (χ1) is 13.5. The van der Waals surface area contributed by atoms with E-state index in [1.54, 1.807) is 12.1 Å².